The van der Waals surface area contributed by atoms with Gasteiger partial charge in [0.1, 0.15) is 5.69 Å². The summed E-state index contributed by atoms with van der Waals surface area (Å²) in [5.74, 6) is -0.248. The summed E-state index contributed by atoms with van der Waals surface area (Å²) >= 11 is 0. The fourth-order valence-electron chi connectivity index (χ4n) is 0.665. The van der Waals surface area contributed by atoms with Crippen molar-refractivity contribution in [1.29, 1.82) is 5.41 Å². The Labute approximate surface area is 62.8 Å². The van der Waals surface area contributed by atoms with Crippen molar-refractivity contribution < 1.29 is 0 Å². The van der Waals surface area contributed by atoms with E-state index in [1.807, 2.05) is 0 Å². The van der Waals surface area contributed by atoms with E-state index in [1.54, 1.807) is 12.1 Å². The minimum absolute atomic E-state index is 0.248. The zero-order valence-corrected chi connectivity index (χ0v) is 5.72. The Bertz CT molecular complexity index is 316. The number of aromatic nitrogens is 1. The smallest absolute Gasteiger partial charge is 0.271 e. The molecular weight excluding hydrogens is 144 g/mol. The highest BCUT2D eigenvalue weighted by atomic mass is 16.1. The van der Waals surface area contributed by atoms with Crippen LogP contribution in [0.15, 0.2) is 23.1 Å². The van der Waals surface area contributed by atoms with Gasteiger partial charge in [-0.15, -0.1) is 0 Å². The number of hydrogen-bond acceptors (Lipinski definition) is 2. The molecule has 0 aliphatic heterocycles. The van der Waals surface area contributed by atoms with Crippen LogP contribution in [0.4, 0.5) is 5.69 Å². The van der Waals surface area contributed by atoms with E-state index >= 15 is 0 Å². The zero-order chi connectivity index (χ0) is 8.27. The number of H-pyrrole nitrogens is 1. The van der Waals surface area contributed by atoms with Crippen molar-refractivity contribution in [2.24, 2.45) is 5.73 Å². The highest BCUT2D eigenvalue weighted by molar-refractivity contribution is 5.89. The molecular formula is C6H8N4O. The van der Waals surface area contributed by atoms with Gasteiger partial charge in [0.2, 0.25) is 0 Å². The second-order valence-electron chi connectivity index (χ2n) is 1.95. The van der Waals surface area contributed by atoms with Gasteiger partial charge in [0.05, 0.1) is 0 Å². The fourth-order valence-corrected chi connectivity index (χ4v) is 0.665. The first-order chi connectivity index (χ1) is 5.20. The minimum atomic E-state index is -0.289. The van der Waals surface area contributed by atoms with Crippen molar-refractivity contribution in [3.8, 4) is 0 Å². The van der Waals surface area contributed by atoms with Crippen LogP contribution in [-0.4, -0.2) is 10.9 Å². The van der Waals surface area contributed by atoms with Crippen LogP contribution in [0, 0.1) is 5.41 Å². The third-order valence-corrected chi connectivity index (χ3v) is 1.09. The summed E-state index contributed by atoms with van der Waals surface area (Å²) in [5, 5.41) is 9.23. The molecule has 1 aromatic heterocycles. The van der Waals surface area contributed by atoms with E-state index < -0.39 is 0 Å². The Morgan fingerprint density at radius 3 is 3.00 bits per heavy atom. The molecule has 0 saturated heterocycles. The average Bonchev–Trinajstić information content (AvgIpc) is 1.93. The van der Waals surface area contributed by atoms with Crippen LogP contribution in [0.2, 0.25) is 0 Å². The molecule has 1 rings (SSSR count). The van der Waals surface area contributed by atoms with E-state index in [4.69, 9.17) is 11.1 Å². The lowest BCUT2D eigenvalue weighted by Gasteiger charge is -1.99. The van der Waals surface area contributed by atoms with E-state index in [0.29, 0.717) is 0 Å². The highest BCUT2D eigenvalue weighted by Crippen LogP contribution is 1.93. The van der Waals surface area contributed by atoms with Gasteiger partial charge in [-0.1, -0.05) is 0 Å². The SMILES string of the molecule is N=C(N)Nc1ccc[nH]c1=O. The van der Waals surface area contributed by atoms with Gasteiger partial charge in [0.25, 0.3) is 5.56 Å². The molecule has 0 spiro atoms. The lowest BCUT2D eigenvalue weighted by molar-refractivity contribution is 1.23. The Morgan fingerprint density at radius 2 is 2.45 bits per heavy atom. The van der Waals surface area contributed by atoms with Gasteiger partial charge in [0.15, 0.2) is 5.96 Å². The second-order valence-corrected chi connectivity index (χ2v) is 1.95. The first kappa shape index (κ1) is 7.33. The van der Waals surface area contributed by atoms with E-state index in [9.17, 15) is 4.79 Å². The van der Waals surface area contributed by atoms with Crippen molar-refractivity contribution in [3.05, 3.63) is 28.7 Å². The molecule has 0 aliphatic rings. The maximum absolute atomic E-state index is 10.9. The van der Waals surface area contributed by atoms with Crippen LogP contribution in [-0.2, 0) is 0 Å². The van der Waals surface area contributed by atoms with Gasteiger partial charge in [-0.25, -0.2) is 0 Å². The summed E-state index contributed by atoms with van der Waals surface area (Å²) < 4.78 is 0. The quantitative estimate of drug-likeness (QED) is 0.328. The van der Waals surface area contributed by atoms with Crippen LogP contribution in [0.1, 0.15) is 0 Å². The normalized spacial score (nSPS) is 9.09. The maximum atomic E-state index is 10.9. The molecule has 0 unspecified atom stereocenters. The molecule has 1 heterocycles. The minimum Gasteiger partial charge on any atom is -0.370 e. The van der Waals surface area contributed by atoms with E-state index in [0.717, 1.165) is 0 Å². The molecule has 0 radical (unpaired) electrons. The van der Waals surface area contributed by atoms with Crippen molar-refractivity contribution in [2.45, 2.75) is 0 Å². The number of aromatic amines is 1. The molecule has 0 saturated carbocycles. The number of guanidine groups is 1. The Hall–Kier alpha value is -1.78. The topological polar surface area (TPSA) is 94.8 Å². The third kappa shape index (κ3) is 1.82. The molecule has 5 N–H and O–H groups in total. The summed E-state index contributed by atoms with van der Waals surface area (Å²) in [6.07, 6.45) is 1.51. The fraction of sp³-hybridized carbons (Fsp3) is 0. The number of rotatable bonds is 1. The molecule has 5 heteroatoms. The van der Waals surface area contributed by atoms with Gasteiger partial charge in [-0.05, 0) is 12.1 Å². The van der Waals surface area contributed by atoms with E-state index in [-0.39, 0.29) is 17.2 Å². The molecule has 0 atom stereocenters. The summed E-state index contributed by atoms with van der Waals surface area (Å²) in [4.78, 5) is 13.3. The summed E-state index contributed by atoms with van der Waals surface area (Å²) in [7, 11) is 0. The molecule has 11 heavy (non-hydrogen) atoms. The molecule has 5 nitrogen and oxygen atoms in total. The van der Waals surface area contributed by atoms with Gasteiger partial charge >= 0.3 is 0 Å². The van der Waals surface area contributed by atoms with Gasteiger partial charge < -0.3 is 16.0 Å². The lowest BCUT2D eigenvalue weighted by Crippen LogP contribution is -2.24. The van der Waals surface area contributed by atoms with Crippen molar-refractivity contribution in [1.82, 2.24) is 4.98 Å². The zero-order valence-electron chi connectivity index (χ0n) is 5.72. The maximum Gasteiger partial charge on any atom is 0.271 e. The van der Waals surface area contributed by atoms with Gasteiger partial charge in [-0.2, -0.15) is 0 Å². The van der Waals surface area contributed by atoms with Gasteiger partial charge in [0, 0.05) is 6.20 Å². The number of nitrogens with one attached hydrogen (secondary N) is 3. The Morgan fingerprint density at radius 1 is 1.73 bits per heavy atom. The average molecular weight is 152 g/mol. The predicted octanol–water partition coefficient (Wildman–Crippen LogP) is -0.320. The number of anilines is 1. The molecule has 1 aromatic rings. The number of nitrogens with two attached hydrogens (primary N) is 1. The Kier molecular flexibility index (Phi) is 1.91. The van der Waals surface area contributed by atoms with Gasteiger partial charge in [-0.3, -0.25) is 10.2 Å². The predicted molar refractivity (Wildman–Crippen MR) is 42.6 cm³/mol. The van der Waals surface area contributed by atoms with Crippen LogP contribution >= 0.6 is 0 Å². The number of pyridine rings is 1. The number of hydrogen-bond donors (Lipinski definition) is 4. The molecule has 0 fully saturated rings. The second kappa shape index (κ2) is 2.87. The van der Waals surface area contributed by atoms with Crippen LogP contribution in [0.5, 0.6) is 0 Å². The monoisotopic (exact) mass is 152 g/mol. The van der Waals surface area contributed by atoms with Crippen molar-refractivity contribution in [2.75, 3.05) is 5.32 Å². The standard InChI is InChI=1S/C6H8N4O/c7-6(8)10-4-2-1-3-9-5(4)11/h1-3H,(H,9,11)(H4,7,8,10). The van der Waals surface area contributed by atoms with Crippen molar-refractivity contribution in [3.63, 3.8) is 0 Å². The largest absolute Gasteiger partial charge is 0.370 e. The lowest BCUT2D eigenvalue weighted by atomic mass is 10.4. The summed E-state index contributed by atoms with van der Waals surface area (Å²) in [6, 6.07) is 3.19. The first-order valence-electron chi connectivity index (χ1n) is 2.99. The molecule has 0 aliphatic carbocycles. The van der Waals surface area contributed by atoms with Crippen molar-refractivity contribution >= 4 is 11.6 Å². The highest BCUT2D eigenvalue weighted by Gasteiger charge is 1.95. The molecule has 58 valence electrons. The summed E-state index contributed by atoms with van der Waals surface area (Å²) in [6.45, 7) is 0. The van der Waals surface area contributed by atoms with Crippen LogP contribution in [0.25, 0.3) is 0 Å². The Balaban J connectivity index is 2.95. The van der Waals surface area contributed by atoms with Crippen LogP contribution in [0.3, 0.4) is 0 Å². The summed E-state index contributed by atoms with van der Waals surface area (Å²) in [5.41, 5.74) is 5.00. The molecule has 0 amide bonds. The van der Waals surface area contributed by atoms with Crippen LogP contribution < -0.4 is 16.6 Å². The van der Waals surface area contributed by atoms with E-state index in [2.05, 4.69) is 10.3 Å². The molecule has 0 bridgehead atoms. The van der Waals surface area contributed by atoms with E-state index in [1.165, 1.54) is 6.20 Å². The molecule has 0 aromatic carbocycles. The first-order valence-corrected chi connectivity index (χ1v) is 2.99. The third-order valence-electron chi connectivity index (χ3n) is 1.09.